The molecule has 4 N–H and O–H groups in total. The Morgan fingerprint density at radius 2 is 1.58 bits per heavy atom. The van der Waals surface area contributed by atoms with E-state index in [1.807, 2.05) is 84.9 Å². The number of nitriles is 1. The number of hydrogen-bond donors (Lipinski definition) is 2. The molecule has 6 aromatic rings. The molecular formula is C59H62F3N7O7S2. The summed E-state index contributed by atoms with van der Waals surface area (Å²) in [5.74, 6) is 7.61. The maximum absolute atomic E-state index is 13.8. The Labute approximate surface area is 462 Å². The van der Waals surface area contributed by atoms with Crippen molar-refractivity contribution in [1.29, 1.82) is 5.26 Å². The van der Waals surface area contributed by atoms with Crippen LogP contribution in [0.4, 0.5) is 35.9 Å². The second-order valence-corrected chi connectivity index (χ2v) is 21.1. The van der Waals surface area contributed by atoms with Gasteiger partial charge in [-0.2, -0.15) is 18.4 Å². The van der Waals surface area contributed by atoms with Gasteiger partial charge in [0, 0.05) is 37.8 Å². The summed E-state index contributed by atoms with van der Waals surface area (Å²) in [5, 5.41) is 10.7. The van der Waals surface area contributed by atoms with E-state index in [4.69, 9.17) is 47.5 Å². The van der Waals surface area contributed by atoms with Crippen LogP contribution in [-0.2, 0) is 27.0 Å². The van der Waals surface area contributed by atoms with E-state index in [-0.39, 0.29) is 41.8 Å². The second-order valence-electron chi connectivity index (χ2n) is 19.6. The minimum Gasteiger partial charge on any atom is -0.494 e. The van der Waals surface area contributed by atoms with Crippen molar-refractivity contribution in [2.24, 2.45) is 5.84 Å². The molecule has 8 rings (SSSR count). The van der Waals surface area contributed by atoms with Gasteiger partial charge in [-0.1, -0.05) is 42.5 Å². The first-order valence-corrected chi connectivity index (χ1v) is 26.6. The summed E-state index contributed by atoms with van der Waals surface area (Å²) in [6.07, 6.45) is -3.27. The van der Waals surface area contributed by atoms with Crippen molar-refractivity contribution in [1.82, 2.24) is 4.31 Å². The fourth-order valence-electron chi connectivity index (χ4n) is 9.62. The number of anilines is 4. The van der Waals surface area contributed by atoms with Gasteiger partial charge in [-0.15, -0.1) is 0 Å². The topological polar surface area (TPSA) is 169 Å². The lowest BCUT2D eigenvalue weighted by atomic mass is 9.86. The molecule has 2 heterocycles. The van der Waals surface area contributed by atoms with Crippen LogP contribution in [0.3, 0.4) is 0 Å². The normalized spacial score (nSPS) is 15.7. The Hall–Kier alpha value is -7.50. The number of unbranched alkanes of at least 4 members (excludes halogenated alkanes) is 1. The maximum atomic E-state index is 13.8. The van der Waals surface area contributed by atoms with Gasteiger partial charge in [-0.3, -0.25) is 14.5 Å². The zero-order chi connectivity index (χ0) is 56.1. The van der Waals surface area contributed by atoms with Gasteiger partial charge in [0.25, 0.3) is 5.91 Å². The molecule has 19 heteroatoms. The summed E-state index contributed by atoms with van der Waals surface area (Å²) in [6.45, 7) is 11.8. The van der Waals surface area contributed by atoms with Crippen LogP contribution in [0.25, 0.3) is 11.1 Å². The molecule has 0 spiro atoms. The van der Waals surface area contributed by atoms with Crippen LogP contribution >= 0.6 is 24.2 Å². The number of esters is 1. The summed E-state index contributed by atoms with van der Waals surface area (Å²) < 4.78 is 73.5. The van der Waals surface area contributed by atoms with Crippen molar-refractivity contribution < 1.29 is 46.4 Å². The number of fused-ring (bicyclic) bond motifs is 1. The van der Waals surface area contributed by atoms with Gasteiger partial charge >= 0.3 is 12.1 Å². The summed E-state index contributed by atoms with van der Waals surface area (Å²) in [5.41, 5.74) is 10.9. The van der Waals surface area contributed by atoms with Gasteiger partial charge < -0.3 is 39.3 Å². The predicted octanol–water partition coefficient (Wildman–Crippen LogP) is 12.0. The highest BCUT2D eigenvalue weighted by Crippen LogP contribution is 2.43. The van der Waals surface area contributed by atoms with Crippen LogP contribution in [0.15, 0.2) is 120 Å². The van der Waals surface area contributed by atoms with E-state index in [0.29, 0.717) is 60.6 Å². The highest BCUT2D eigenvalue weighted by Gasteiger charge is 2.51. The van der Waals surface area contributed by atoms with Crippen LogP contribution in [0.5, 0.6) is 23.0 Å². The van der Waals surface area contributed by atoms with Crippen molar-refractivity contribution >= 4 is 63.9 Å². The van der Waals surface area contributed by atoms with E-state index >= 15 is 0 Å². The number of rotatable bonds is 19. The summed E-state index contributed by atoms with van der Waals surface area (Å²) in [6, 6.07) is 35.8. The van der Waals surface area contributed by atoms with E-state index in [9.17, 15) is 28.0 Å². The molecule has 2 aliphatic heterocycles. The Morgan fingerprint density at radius 1 is 0.923 bits per heavy atom. The van der Waals surface area contributed by atoms with E-state index in [0.717, 1.165) is 73.9 Å². The highest BCUT2D eigenvalue weighted by atomic mass is 32.2. The molecule has 78 heavy (non-hydrogen) atoms. The van der Waals surface area contributed by atoms with E-state index in [1.165, 1.54) is 11.1 Å². The minimum absolute atomic E-state index is 0.0243. The maximum Gasteiger partial charge on any atom is 0.417 e. The number of hydrazine groups is 1. The monoisotopic (exact) mass is 1100 g/mol. The van der Waals surface area contributed by atoms with Gasteiger partial charge in [0.15, 0.2) is 5.11 Å². The molecule has 408 valence electrons. The van der Waals surface area contributed by atoms with Crippen LogP contribution in [0.1, 0.15) is 86.3 Å². The van der Waals surface area contributed by atoms with Crippen molar-refractivity contribution in [3.63, 3.8) is 0 Å². The van der Waals surface area contributed by atoms with Crippen molar-refractivity contribution in [3.8, 4) is 40.2 Å². The first-order valence-electron chi connectivity index (χ1n) is 25.4. The van der Waals surface area contributed by atoms with Crippen molar-refractivity contribution in [2.75, 3.05) is 61.1 Å². The summed E-state index contributed by atoms with van der Waals surface area (Å²) in [7, 11) is 3.25. The van der Waals surface area contributed by atoms with Crippen LogP contribution in [0.2, 0.25) is 0 Å². The van der Waals surface area contributed by atoms with Crippen LogP contribution in [-0.4, -0.2) is 73.5 Å². The second kappa shape index (κ2) is 24.0. The van der Waals surface area contributed by atoms with E-state index in [1.54, 1.807) is 57.8 Å². The fraction of sp³-hybridized carbons (Fsp3) is 0.322. The molecule has 6 aromatic carbocycles. The summed E-state index contributed by atoms with van der Waals surface area (Å²) in [4.78, 5) is 30.4. The average Bonchev–Trinajstić information content (AvgIpc) is 3.57. The smallest absolute Gasteiger partial charge is 0.417 e. The van der Waals surface area contributed by atoms with Crippen LogP contribution < -0.4 is 45.3 Å². The Kier molecular flexibility index (Phi) is 17.5. The number of amides is 1. The molecule has 1 saturated heterocycles. The van der Waals surface area contributed by atoms with Gasteiger partial charge in [0.2, 0.25) is 0 Å². The molecule has 1 amide bonds. The Balaban J connectivity index is 0.831. The molecule has 1 fully saturated rings. The number of hydrogen-bond acceptors (Lipinski definition) is 14. The number of carbonyl (C=O) groups excluding carboxylic acids is 2. The molecule has 0 aromatic heterocycles. The lowest BCUT2D eigenvalue weighted by Gasteiger charge is -2.29. The molecule has 0 radical (unpaired) electrons. The molecule has 0 bridgehead atoms. The number of ether oxygens (including phenoxy) is 5. The zero-order valence-corrected chi connectivity index (χ0v) is 46.1. The van der Waals surface area contributed by atoms with Gasteiger partial charge in [0.05, 0.1) is 66.8 Å². The molecule has 2 unspecified atom stereocenters. The molecular weight excluding hydrogens is 1040 g/mol. The molecule has 2 atom stereocenters. The standard InChI is InChI=1S/C59H62F3N7O7S2/c1-8-73-54(70)32-48(42-28-50(64)55(66(6)65)52(29-42)72-7)40-12-11-36(2)43(27-40)35-67-34-37(3)76-51-31-47(23-24-53(51)78-67)75-26-10-9-25-74-46-21-16-39(17-22-46)38-13-18-44(19-14-38)69-57(77)68(56(71)58(69,4)5)45-20-15-41(33-63)49(30-45)59(60,61)62/h11-24,27-31,37,48H,8-10,25-26,32,34-35,64-65H2,1-7H3. The molecule has 0 aliphatic carbocycles. The number of methoxy groups -OCH3 is 1. The van der Waals surface area contributed by atoms with Gasteiger partial charge in [-0.05, 0) is 172 Å². The van der Waals surface area contributed by atoms with Gasteiger partial charge in [0.1, 0.15) is 40.3 Å². The number of carbonyl (C=O) groups is 2. The number of alkyl halides is 3. The quantitative estimate of drug-likeness (QED) is 0.0149. The molecule has 0 saturated carbocycles. The first kappa shape index (κ1) is 56.7. The summed E-state index contributed by atoms with van der Waals surface area (Å²) >= 11 is 7.34. The third kappa shape index (κ3) is 12.6. The van der Waals surface area contributed by atoms with E-state index < -0.39 is 28.7 Å². The SMILES string of the molecule is CCOC(=O)CC(c1ccc(C)c(CN2CC(C)Oc3cc(OCCCCOc4ccc(-c5ccc(N6C(=S)N(c7ccc(C#N)c(C(F)(F)F)c7)C(=O)C6(C)C)cc5)cc4)ccc3S2)c1)c1cc(N)c(N(C)N)c(OC)c1. The third-order valence-electron chi connectivity index (χ3n) is 13.6. The number of benzene rings is 6. The largest absolute Gasteiger partial charge is 0.494 e. The highest BCUT2D eigenvalue weighted by molar-refractivity contribution is 7.97. The number of nitrogens with zero attached hydrogens (tertiary/aromatic N) is 5. The number of aryl methyl sites for hydroxylation is 1. The number of nitrogen functional groups attached to an aromatic ring is 1. The first-order chi connectivity index (χ1) is 37.2. The third-order valence-corrected chi connectivity index (χ3v) is 15.0. The molecule has 2 aliphatic rings. The average molecular weight is 1100 g/mol. The zero-order valence-electron chi connectivity index (χ0n) is 44.5. The Morgan fingerprint density at radius 3 is 2.22 bits per heavy atom. The lowest BCUT2D eigenvalue weighted by Crippen LogP contribution is -2.44. The number of nitrogens with two attached hydrogens (primary N) is 2. The minimum atomic E-state index is -4.79. The van der Waals surface area contributed by atoms with Crippen molar-refractivity contribution in [2.45, 2.75) is 89.1 Å². The van der Waals surface area contributed by atoms with E-state index in [2.05, 4.69) is 30.3 Å². The van der Waals surface area contributed by atoms with Crippen LogP contribution in [0, 0.1) is 18.3 Å². The van der Waals surface area contributed by atoms with Gasteiger partial charge in [-0.25, -0.2) is 10.1 Å². The number of thiocarbonyl (C=S) groups is 1. The fourth-order valence-corrected chi connectivity index (χ4v) is 11.2. The van der Waals surface area contributed by atoms with Crippen molar-refractivity contribution in [3.05, 3.63) is 149 Å². The molecule has 14 nitrogen and oxygen atoms in total. The number of halogens is 3. The lowest BCUT2D eigenvalue weighted by molar-refractivity contribution is -0.143. The predicted molar refractivity (Wildman–Crippen MR) is 302 cm³/mol. The Bertz CT molecular complexity index is 3220.